The Morgan fingerprint density at radius 1 is 1.21 bits per heavy atom. The fourth-order valence-corrected chi connectivity index (χ4v) is 3.12. The molecule has 2 aromatic carbocycles. The standard InChI is InChI=1S/C17H14BrN3O2S/c1-2-23-12-9-7-11(8-10-12)15-19-17(24-21-15)20-16(22)13-5-3-4-6-14(13)18/h3-10H,2H2,1H3,(H,19,20,21,22). The molecule has 0 saturated heterocycles. The van der Waals surface area contributed by atoms with E-state index in [0.29, 0.717) is 23.1 Å². The minimum atomic E-state index is -0.225. The van der Waals surface area contributed by atoms with E-state index >= 15 is 0 Å². The third-order valence-electron chi connectivity index (χ3n) is 3.19. The number of ether oxygens (including phenoxy) is 1. The second-order valence-electron chi connectivity index (χ2n) is 4.81. The van der Waals surface area contributed by atoms with Gasteiger partial charge >= 0.3 is 0 Å². The number of halogens is 1. The number of aromatic nitrogens is 2. The van der Waals surface area contributed by atoms with E-state index in [-0.39, 0.29) is 5.91 Å². The lowest BCUT2D eigenvalue weighted by Crippen LogP contribution is -2.12. The fourth-order valence-electron chi connectivity index (χ4n) is 2.07. The monoisotopic (exact) mass is 403 g/mol. The highest BCUT2D eigenvalue weighted by Crippen LogP contribution is 2.24. The van der Waals surface area contributed by atoms with E-state index < -0.39 is 0 Å². The molecule has 0 unspecified atom stereocenters. The van der Waals surface area contributed by atoms with Crippen molar-refractivity contribution < 1.29 is 9.53 Å². The largest absolute Gasteiger partial charge is 0.494 e. The normalized spacial score (nSPS) is 10.4. The van der Waals surface area contributed by atoms with Crippen LogP contribution in [0.2, 0.25) is 0 Å². The zero-order chi connectivity index (χ0) is 16.9. The molecule has 0 aliphatic carbocycles. The van der Waals surface area contributed by atoms with Crippen LogP contribution in [0, 0.1) is 0 Å². The van der Waals surface area contributed by atoms with Gasteiger partial charge in [-0.25, -0.2) is 0 Å². The zero-order valence-electron chi connectivity index (χ0n) is 12.8. The van der Waals surface area contributed by atoms with Crippen LogP contribution in [0.3, 0.4) is 0 Å². The summed E-state index contributed by atoms with van der Waals surface area (Å²) in [7, 11) is 0. The Bertz CT molecular complexity index is 849. The van der Waals surface area contributed by atoms with E-state index in [2.05, 4.69) is 30.6 Å². The molecule has 0 aliphatic rings. The van der Waals surface area contributed by atoms with Crippen LogP contribution in [-0.2, 0) is 0 Å². The molecular weight excluding hydrogens is 390 g/mol. The van der Waals surface area contributed by atoms with Crippen LogP contribution < -0.4 is 10.1 Å². The van der Waals surface area contributed by atoms with Gasteiger partial charge in [0.1, 0.15) is 5.75 Å². The number of amides is 1. The Kier molecular flexibility index (Phi) is 5.22. The lowest BCUT2D eigenvalue weighted by molar-refractivity contribution is 0.102. The van der Waals surface area contributed by atoms with Crippen LogP contribution >= 0.6 is 27.5 Å². The molecule has 5 nitrogen and oxygen atoms in total. The molecule has 24 heavy (non-hydrogen) atoms. The van der Waals surface area contributed by atoms with Gasteiger partial charge in [-0.1, -0.05) is 12.1 Å². The van der Waals surface area contributed by atoms with Crippen LogP contribution in [0.15, 0.2) is 53.0 Å². The Balaban J connectivity index is 1.73. The topological polar surface area (TPSA) is 64.1 Å². The number of carbonyl (C=O) groups is 1. The van der Waals surface area contributed by atoms with Crippen molar-refractivity contribution in [3.05, 3.63) is 58.6 Å². The summed E-state index contributed by atoms with van der Waals surface area (Å²) in [6.07, 6.45) is 0. The Labute approximate surface area is 152 Å². The van der Waals surface area contributed by atoms with Crippen molar-refractivity contribution in [3.8, 4) is 17.1 Å². The maximum atomic E-state index is 12.3. The predicted octanol–water partition coefficient (Wildman–Crippen LogP) is 4.62. The average molecular weight is 404 g/mol. The van der Waals surface area contributed by atoms with Gasteiger partial charge in [-0.3, -0.25) is 10.1 Å². The minimum absolute atomic E-state index is 0.225. The first-order chi connectivity index (χ1) is 11.7. The van der Waals surface area contributed by atoms with E-state index in [1.807, 2.05) is 49.4 Å². The van der Waals surface area contributed by atoms with Crippen LogP contribution in [0.4, 0.5) is 5.13 Å². The average Bonchev–Trinajstić information content (AvgIpc) is 3.04. The minimum Gasteiger partial charge on any atom is -0.494 e. The molecule has 0 radical (unpaired) electrons. The first-order valence-corrected chi connectivity index (χ1v) is 8.87. The molecule has 1 amide bonds. The maximum Gasteiger partial charge on any atom is 0.258 e. The van der Waals surface area contributed by atoms with Gasteiger partial charge in [0.15, 0.2) is 5.82 Å². The lowest BCUT2D eigenvalue weighted by Gasteiger charge is -2.03. The van der Waals surface area contributed by atoms with E-state index in [4.69, 9.17) is 4.74 Å². The van der Waals surface area contributed by atoms with Gasteiger partial charge in [0.2, 0.25) is 5.13 Å². The molecule has 122 valence electrons. The molecule has 7 heteroatoms. The molecule has 0 fully saturated rings. The number of nitrogens with zero attached hydrogens (tertiary/aromatic N) is 2. The van der Waals surface area contributed by atoms with Gasteiger partial charge in [0.25, 0.3) is 5.91 Å². The van der Waals surface area contributed by atoms with Crippen molar-refractivity contribution in [2.24, 2.45) is 0 Å². The Morgan fingerprint density at radius 3 is 2.67 bits per heavy atom. The second-order valence-corrected chi connectivity index (χ2v) is 6.42. The number of nitrogens with one attached hydrogen (secondary N) is 1. The first-order valence-electron chi connectivity index (χ1n) is 7.30. The van der Waals surface area contributed by atoms with Crippen LogP contribution in [0.25, 0.3) is 11.4 Å². The fraction of sp³-hybridized carbons (Fsp3) is 0.118. The number of anilines is 1. The van der Waals surface area contributed by atoms with Crippen molar-refractivity contribution in [1.29, 1.82) is 0 Å². The quantitative estimate of drug-likeness (QED) is 0.674. The van der Waals surface area contributed by atoms with Crippen molar-refractivity contribution in [1.82, 2.24) is 9.36 Å². The number of carbonyl (C=O) groups excluding carboxylic acids is 1. The van der Waals surface area contributed by atoms with Gasteiger partial charge in [0, 0.05) is 21.6 Å². The molecule has 0 spiro atoms. The van der Waals surface area contributed by atoms with Gasteiger partial charge in [-0.2, -0.15) is 9.36 Å². The third kappa shape index (κ3) is 3.80. The van der Waals surface area contributed by atoms with Crippen LogP contribution in [-0.4, -0.2) is 21.9 Å². The molecule has 0 atom stereocenters. The summed E-state index contributed by atoms with van der Waals surface area (Å²) < 4.78 is 10.4. The van der Waals surface area contributed by atoms with Crippen LogP contribution in [0.5, 0.6) is 5.75 Å². The summed E-state index contributed by atoms with van der Waals surface area (Å²) in [4.78, 5) is 16.6. The lowest BCUT2D eigenvalue weighted by atomic mass is 10.2. The highest BCUT2D eigenvalue weighted by molar-refractivity contribution is 9.10. The molecule has 1 heterocycles. The maximum absolute atomic E-state index is 12.3. The molecule has 1 aromatic heterocycles. The zero-order valence-corrected chi connectivity index (χ0v) is 15.2. The number of hydrogen-bond acceptors (Lipinski definition) is 5. The molecule has 1 N–H and O–H groups in total. The highest BCUT2D eigenvalue weighted by atomic mass is 79.9. The van der Waals surface area contributed by atoms with Crippen molar-refractivity contribution in [3.63, 3.8) is 0 Å². The summed E-state index contributed by atoms with van der Waals surface area (Å²) in [5, 5.41) is 3.23. The van der Waals surface area contributed by atoms with Crippen molar-refractivity contribution >= 4 is 38.5 Å². The number of benzene rings is 2. The van der Waals surface area contributed by atoms with E-state index in [0.717, 1.165) is 27.3 Å². The number of hydrogen-bond donors (Lipinski definition) is 1. The molecule has 3 aromatic rings. The number of rotatable bonds is 5. The van der Waals surface area contributed by atoms with E-state index in [1.54, 1.807) is 6.07 Å². The third-order valence-corrected chi connectivity index (χ3v) is 4.51. The van der Waals surface area contributed by atoms with Crippen molar-refractivity contribution in [2.75, 3.05) is 11.9 Å². The van der Waals surface area contributed by atoms with Gasteiger partial charge in [-0.05, 0) is 59.3 Å². The van der Waals surface area contributed by atoms with E-state index in [9.17, 15) is 4.79 Å². The summed E-state index contributed by atoms with van der Waals surface area (Å²) in [5.41, 5.74) is 1.42. The van der Waals surface area contributed by atoms with Crippen molar-refractivity contribution in [2.45, 2.75) is 6.92 Å². The van der Waals surface area contributed by atoms with E-state index in [1.165, 1.54) is 0 Å². The van der Waals surface area contributed by atoms with Crippen LogP contribution in [0.1, 0.15) is 17.3 Å². The SMILES string of the molecule is CCOc1ccc(-c2nsc(NC(=O)c3ccccc3Br)n2)cc1. The van der Waals surface area contributed by atoms with Gasteiger partial charge < -0.3 is 4.74 Å². The summed E-state index contributed by atoms with van der Waals surface area (Å²) >= 11 is 4.51. The smallest absolute Gasteiger partial charge is 0.258 e. The summed E-state index contributed by atoms with van der Waals surface area (Å²) in [6.45, 7) is 2.56. The summed E-state index contributed by atoms with van der Waals surface area (Å²) in [5.74, 6) is 1.15. The summed E-state index contributed by atoms with van der Waals surface area (Å²) in [6, 6.07) is 14.8. The molecule has 0 aliphatic heterocycles. The molecule has 0 bridgehead atoms. The first kappa shape index (κ1) is 16.6. The molecule has 3 rings (SSSR count). The highest BCUT2D eigenvalue weighted by Gasteiger charge is 2.13. The predicted molar refractivity (Wildman–Crippen MR) is 98.6 cm³/mol. The van der Waals surface area contributed by atoms with Gasteiger partial charge in [0.05, 0.1) is 12.2 Å². The second kappa shape index (κ2) is 7.55. The Morgan fingerprint density at radius 2 is 1.96 bits per heavy atom. The van der Waals surface area contributed by atoms with Gasteiger partial charge in [-0.15, -0.1) is 0 Å². The molecular formula is C17H14BrN3O2S. The Hall–Kier alpha value is -2.25. The molecule has 0 saturated carbocycles.